The fourth-order valence-electron chi connectivity index (χ4n) is 3.12. The summed E-state index contributed by atoms with van der Waals surface area (Å²) in [6, 6.07) is 10.4. The molecule has 0 radical (unpaired) electrons. The average Bonchev–Trinajstić information content (AvgIpc) is 2.62. The molecule has 2 aromatic rings. The first-order chi connectivity index (χ1) is 11.2. The molecule has 0 bridgehead atoms. The summed E-state index contributed by atoms with van der Waals surface area (Å²) in [6.45, 7) is 5.81. The normalized spacial score (nSPS) is 15.7. The predicted molar refractivity (Wildman–Crippen MR) is 92.4 cm³/mol. The van der Waals surface area contributed by atoms with Crippen molar-refractivity contribution in [2.24, 2.45) is 5.92 Å². The van der Waals surface area contributed by atoms with Crippen molar-refractivity contribution >= 4 is 11.6 Å². The summed E-state index contributed by atoms with van der Waals surface area (Å²) in [6.07, 6.45) is 4.14. The minimum Gasteiger partial charge on any atom is -0.356 e. The number of aryl methyl sites for hydroxylation is 1. The van der Waals surface area contributed by atoms with Gasteiger partial charge >= 0.3 is 0 Å². The topological polar surface area (TPSA) is 46.1 Å². The van der Waals surface area contributed by atoms with Crippen LogP contribution in [0.3, 0.4) is 0 Å². The zero-order valence-electron chi connectivity index (χ0n) is 13.8. The molecule has 0 amide bonds. The van der Waals surface area contributed by atoms with Crippen molar-refractivity contribution < 1.29 is 4.79 Å². The second-order valence-corrected chi connectivity index (χ2v) is 6.21. The zero-order valence-corrected chi connectivity index (χ0v) is 13.8. The number of rotatable bonds is 4. The highest BCUT2D eigenvalue weighted by molar-refractivity contribution is 5.81. The Morgan fingerprint density at radius 1 is 1.17 bits per heavy atom. The molecule has 1 aromatic carbocycles. The van der Waals surface area contributed by atoms with Gasteiger partial charge in [-0.05, 0) is 19.8 Å². The van der Waals surface area contributed by atoms with Crippen LogP contribution in [0.4, 0.5) is 5.82 Å². The van der Waals surface area contributed by atoms with Gasteiger partial charge in [0.2, 0.25) is 0 Å². The van der Waals surface area contributed by atoms with Gasteiger partial charge in [-0.15, -0.1) is 0 Å². The van der Waals surface area contributed by atoms with E-state index >= 15 is 0 Å². The Balaban J connectivity index is 1.73. The third kappa shape index (κ3) is 3.58. The van der Waals surface area contributed by atoms with Crippen LogP contribution in [0.5, 0.6) is 0 Å². The van der Waals surface area contributed by atoms with E-state index in [1.54, 1.807) is 6.33 Å². The highest BCUT2D eigenvalue weighted by Gasteiger charge is 2.24. The molecular formula is C19H23N3O. The standard InChI is InChI=1S/C19H23N3O/c1-3-18(23)16-8-10-22(11-9-16)19-12-17(20-13-21-19)15-6-4-14(2)5-7-15/h4-7,12-13,16H,3,8-11H2,1-2H3. The first-order valence-corrected chi connectivity index (χ1v) is 8.34. The lowest BCUT2D eigenvalue weighted by molar-refractivity contribution is -0.123. The van der Waals surface area contributed by atoms with Gasteiger partial charge in [-0.25, -0.2) is 9.97 Å². The third-order valence-corrected chi connectivity index (χ3v) is 4.62. The molecule has 120 valence electrons. The van der Waals surface area contributed by atoms with E-state index in [2.05, 4.69) is 46.1 Å². The Labute approximate surface area is 137 Å². The number of aromatic nitrogens is 2. The molecule has 1 fully saturated rings. The van der Waals surface area contributed by atoms with Crippen LogP contribution in [-0.2, 0) is 4.79 Å². The van der Waals surface area contributed by atoms with Gasteiger partial charge in [0.15, 0.2) is 0 Å². The summed E-state index contributed by atoms with van der Waals surface area (Å²) in [5, 5.41) is 0. The molecule has 2 heterocycles. The van der Waals surface area contributed by atoms with Crippen molar-refractivity contribution in [1.29, 1.82) is 0 Å². The maximum Gasteiger partial charge on any atom is 0.135 e. The van der Waals surface area contributed by atoms with Crippen molar-refractivity contribution in [3.8, 4) is 11.3 Å². The van der Waals surface area contributed by atoms with Crippen molar-refractivity contribution in [3.05, 3.63) is 42.2 Å². The van der Waals surface area contributed by atoms with Gasteiger partial charge in [-0.3, -0.25) is 4.79 Å². The number of carbonyl (C=O) groups excluding carboxylic acids is 1. The van der Waals surface area contributed by atoms with Gasteiger partial charge in [-0.2, -0.15) is 0 Å². The van der Waals surface area contributed by atoms with Gasteiger partial charge in [0, 0.05) is 37.1 Å². The van der Waals surface area contributed by atoms with Crippen LogP contribution >= 0.6 is 0 Å². The van der Waals surface area contributed by atoms with Gasteiger partial charge in [-0.1, -0.05) is 36.8 Å². The van der Waals surface area contributed by atoms with E-state index in [0.29, 0.717) is 12.2 Å². The minimum absolute atomic E-state index is 0.231. The fraction of sp³-hybridized carbons (Fsp3) is 0.421. The first-order valence-electron chi connectivity index (χ1n) is 8.34. The van der Waals surface area contributed by atoms with Crippen molar-refractivity contribution in [1.82, 2.24) is 9.97 Å². The van der Waals surface area contributed by atoms with Crippen LogP contribution in [-0.4, -0.2) is 28.8 Å². The number of ketones is 1. The van der Waals surface area contributed by atoms with Crippen molar-refractivity contribution in [2.45, 2.75) is 33.1 Å². The molecule has 0 atom stereocenters. The summed E-state index contributed by atoms with van der Waals surface area (Å²) < 4.78 is 0. The van der Waals surface area contributed by atoms with E-state index in [-0.39, 0.29) is 5.92 Å². The third-order valence-electron chi connectivity index (χ3n) is 4.62. The molecule has 3 rings (SSSR count). The van der Waals surface area contributed by atoms with E-state index in [9.17, 15) is 4.79 Å². The maximum absolute atomic E-state index is 11.8. The average molecular weight is 309 g/mol. The molecule has 1 saturated heterocycles. The van der Waals surface area contributed by atoms with Crippen molar-refractivity contribution in [3.63, 3.8) is 0 Å². The zero-order chi connectivity index (χ0) is 16.2. The van der Waals surface area contributed by atoms with E-state index in [1.807, 2.05) is 13.0 Å². The maximum atomic E-state index is 11.8. The number of hydrogen-bond acceptors (Lipinski definition) is 4. The largest absolute Gasteiger partial charge is 0.356 e. The summed E-state index contributed by atoms with van der Waals surface area (Å²) in [4.78, 5) is 22.9. The summed E-state index contributed by atoms with van der Waals surface area (Å²) in [5.41, 5.74) is 3.29. The molecule has 23 heavy (non-hydrogen) atoms. The van der Waals surface area contributed by atoms with Gasteiger partial charge in [0.25, 0.3) is 0 Å². The van der Waals surface area contributed by atoms with Crippen LogP contribution < -0.4 is 4.90 Å². The minimum atomic E-state index is 0.231. The lowest BCUT2D eigenvalue weighted by atomic mass is 9.91. The van der Waals surface area contributed by atoms with Gasteiger partial charge < -0.3 is 4.90 Å². The van der Waals surface area contributed by atoms with E-state index in [4.69, 9.17) is 0 Å². The lowest BCUT2D eigenvalue weighted by Gasteiger charge is -2.32. The quantitative estimate of drug-likeness (QED) is 0.865. The number of piperidine rings is 1. The Hall–Kier alpha value is -2.23. The smallest absolute Gasteiger partial charge is 0.135 e. The number of Topliss-reactive ketones (excluding diaryl/α,β-unsaturated/α-hetero) is 1. The van der Waals surface area contributed by atoms with Crippen LogP contribution in [0.1, 0.15) is 31.7 Å². The van der Waals surface area contributed by atoms with E-state index < -0.39 is 0 Å². The molecule has 1 aliphatic heterocycles. The Kier molecular flexibility index (Phi) is 4.70. The Bertz CT molecular complexity index is 673. The van der Waals surface area contributed by atoms with Crippen LogP contribution in [0.25, 0.3) is 11.3 Å². The predicted octanol–water partition coefficient (Wildman–Crippen LogP) is 3.65. The molecule has 0 saturated carbocycles. The lowest BCUT2D eigenvalue weighted by Crippen LogP contribution is -2.36. The monoisotopic (exact) mass is 309 g/mol. The second-order valence-electron chi connectivity index (χ2n) is 6.21. The van der Waals surface area contributed by atoms with Gasteiger partial charge in [0.1, 0.15) is 17.9 Å². The molecule has 0 spiro atoms. The van der Waals surface area contributed by atoms with E-state index in [1.165, 1.54) is 5.56 Å². The Morgan fingerprint density at radius 2 is 1.87 bits per heavy atom. The molecule has 0 unspecified atom stereocenters. The highest BCUT2D eigenvalue weighted by atomic mass is 16.1. The number of anilines is 1. The molecule has 0 N–H and O–H groups in total. The van der Waals surface area contributed by atoms with Crippen LogP contribution in [0.2, 0.25) is 0 Å². The summed E-state index contributed by atoms with van der Waals surface area (Å²) in [7, 11) is 0. The second kappa shape index (κ2) is 6.90. The fourth-order valence-corrected chi connectivity index (χ4v) is 3.12. The molecular weight excluding hydrogens is 286 g/mol. The van der Waals surface area contributed by atoms with Crippen LogP contribution in [0, 0.1) is 12.8 Å². The van der Waals surface area contributed by atoms with Crippen LogP contribution in [0.15, 0.2) is 36.7 Å². The first kappa shape index (κ1) is 15.7. The van der Waals surface area contributed by atoms with Crippen molar-refractivity contribution in [2.75, 3.05) is 18.0 Å². The SMILES string of the molecule is CCC(=O)C1CCN(c2cc(-c3ccc(C)cc3)ncn2)CC1. The molecule has 4 nitrogen and oxygen atoms in total. The number of benzene rings is 1. The molecule has 0 aliphatic carbocycles. The molecule has 1 aliphatic rings. The number of hydrogen-bond donors (Lipinski definition) is 0. The number of nitrogens with zero attached hydrogens (tertiary/aromatic N) is 3. The highest BCUT2D eigenvalue weighted by Crippen LogP contribution is 2.26. The number of carbonyl (C=O) groups is 1. The molecule has 1 aromatic heterocycles. The Morgan fingerprint density at radius 3 is 2.52 bits per heavy atom. The molecule has 4 heteroatoms. The van der Waals surface area contributed by atoms with E-state index in [0.717, 1.165) is 43.0 Å². The summed E-state index contributed by atoms with van der Waals surface area (Å²) in [5.74, 6) is 1.58. The summed E-state index contributed by atoms with van der Waals surface area (Å²) >= 11 is 0. The van der Waals surface area contributed by atoms with Gasteiger partial charge in [0.05, 0.1) is 5.69 Å².